The van der Waals surface area contributed by atoms with Crippen molar-refractivity contribution < 1.29 is 18.3 Å². The predicted octanol–water partition coefficient (Wildman–Crippen LogP) is 2.05. The standard InChI is InChI=1S/C9H9ClF3NO/c10-7-4-2-1-3-6(7)8(15,5-14)9(11,12)13/h1-4,15H,5,14H2/t8-/m0/s1. The van der Waals surface area contributed by atoms with Crippen molar-refractivity contribution in [1.29, 1.82) is 0 Å². The number of hydrogen-bond acceptors (Lipinski definition) is 2. The first-order valence-electron chi connectivity index (χ1n) is 4.07. The fourth-order valence-electron chi connectivity index (χ4n) is 1.18. The largest absolute Gasteiger partial charge is 0.422 e. The summed E-state index contributed by atoms with van der Waals surface area (Å²) in [7, 11) is 0. The highest BCUT2D eigenvalue weighted by Crippen LogP contribution is 2.40. The Kier molecular flexibility index (Phi) is 3.28. The molecule has 0 radical (unpaired) electrons. The SMILES string of the molecule is NC[C@](O)(c1ccccc1Cl)C(F)(F)F. The van der Waals surface area contributed by atoms with Gasteiger partial charge in [0.1, 0.15) is 0 Å². The van der Waals surface area contributed by atoms with Gasteiger partial charge in [0.15, 0.2) is 5.60 Å². The van der Waals surface area contributed by atoms with Crippen LogP contribution in [0.25, 0.3) is 0 Å². The summed E-state index contributed by atoms with van der Waals surface area (Å²) in [6, 6.07) is 5.19. The molecule has 1 rings (SSSR count). The zero-order valence-corrected chi connectivity index (χ0v) is 8.31. The molecule has 6 heteroatoms. The summed E-state index contributed by atoms with van der Waals surface area (Å²) in [5.41, 5.74) is 1.44. The molecule has 0 unspecified atom stereocenters. The van der Waals surface area contributed by atoms with E-state index in [1.54, 1.807) is 0 Å². The second-order valence-corrected chi connectivity index (χ2v) is 3.45. The van der Waals surface area contributed by atoms with Crippen molar-refractivity contribution in [2.75, 3.05) is 6.54 Å². The van der Waals surface area contributed by atoms with E-state index in [0.29, 0.717) is 0 Å². The number of aliphatic hydroxyl groups is 1. The van der Waals surface area contributed by atoms with Crippen LogP contribution in [0.4, 0.5) is 13.2 Å². The van der Waals surface area contributed by atoms with Gasteiger partial charge in [0.05, 0.1) is 0 Å². The number of halogens is 4. The molecule has 0 saturated heterocycles. The van der Waals surface area contributed by atoms with Gasteiger partial charge in [0.2, 0.25) is 0 Å². The fourth-order valence-corrected chi connectivity index (χ4v) is 1.47. The number of benzene rings is 1. The van der Waals surface area contributed by atoms with Crippen LogP contribution in [0.3, 0.4) is 0 Å². The van der Waals surface area contributed by atoms with Crippen molar-refractivity contribution in [2.45, 2.75) is 11.8 Å². The third-order valence-corrected chi connectivity index (χ3v) is 2.41. The van der Waals surface area contributed by atoms with E-state index in [2.05, 4.69) is 0 Å². The lowest BCUT2D eigenvalue weighted by Gasteiger charge is -2.30. The molecule has 3 N–H and O–H groups in total. The molecule has 0 heterocycles. The van der Waals surface area contributed by atoms with Gasteiger partial charge in [-0.05, 0) is 6.07 Å². The first kappa shape index (κ1) is 12.3. The van der Waals surface area contributed by atoms with Crippen molar-refractivity contribution in [1.82, 2.24) is 0 Å². The highest BCUT2D eigenvalue weighted by atomic mass is 35.5. The van der Waals surface area contributed by atoms with Crippen LogP contribution >= 0.6 is 11.6 Å². The summed E-state index contributed by atoms with van der Waals surface area (Å²) in [6.07, 6.45) is -4.85. The molecule has 1 aromatic carbocycles. The van der Waals surface area contributed by atoms with E-state index < -0.39 is 23.9 Å². The van der Waals surface area contributed by atoms with E-state index in [0.717, 1.165) is 6.07 Å². The first-order chi connectivity index (χ1) is 6.83. The van der Waals surface area contributed by atoms with Gasteiger partial charge in [-0.2, -0.15) is 13.2 Å². The maximum Gasteiger partial charge on any atom is 0.422 e. The average Bonchev–Trinajstić information content (AvgIpc) is 2.15. The second kappa shape index (κ2) is 4.00. The number of hydrogen-bond donors (Lipinski definition) is 2. The van der Waals surface area contributed by atoms with Crippen LogP contribution < -0.4 is 5.73 Å². The van der Waals surface area contributed by atoms with Crippen LogP contribution in [-0.4, -0.2) is 17.8 Å². The summed E-state index contributed by atoms with van der Waals surface area (Å²) in [5, 5.41) is 9.31. The Morgan fingerprint density at radius 1 is 1.27 bits per heavy atom. The van der Waals surface area contributed by atoms with Crippen molar-refractivity contribution >= 4 is 11.6 Å². The molecule has 0 amide bonds. The van der Waals surface area contributed by atoms with Gasteiger partial charge >= 0.3 is 6.18 Å². The summed E-state index contributed by atoms with van der Waals surface area (Å²) >= 11 is 5.58. The van der Waals surface area contributed by atoms with Gasteiger partial charge in [-0.15, -0.1) is 0 Å². The Balaban J connectivity index is 3.30. The Hall–Kier alpha value is -0.780. The minimum atomic E-state index is -4.85. The van der Waals surface area contributed by atoms with Gasteiger partial charge in [-0.3, -0.25) is 0 Å². The lowest BCUT2D eigenvalue weighted by molar-refractivity contribution is -0.262. The van der Waals surface area contributed by atoms with E-state index in [9.17, 15) is 18.3 Å². The maximum atomic E-state index is 12.6. The highest BCUT2D eigenvalue weighted by Gasteiger charge is 2.54. The zero-order chi connectivity index (χ0) is 11.7. The van der Waals surface area contributed by atoms with Crippen molar-refractivity contribution in [3.8, 4) is 0 Å². The molecule has 84 valence electrons. The van der Waals surface area contributed by atoms with Gasteiger partial charge in [0, 0.05) is 17.1 Å². The topological polar surface area (TPSA) is 46.2 Å². The first-order valence-corrected chi connectivity index (χ1v) is 4.45. The Bertz CT molecular complexity index is 355. The van der Waals surface area contributed by atoms with E-state index >= 15 is 0 Å². The highest BCUT2D eigenvalue weighted by molar-refractivity contribution is 6.31. The third kappa shape index (κ3) is 2.09. The van der Waals surface area contributed by atoms with E-state index in [1.165, 1.54) is 18.2 Å². The molecule has 1 aromatic rings. The number of nitrogens with two attached hydrogens (primary N) is 1. The van der Waals surface area contributed by atoms with Crippen LogP contribution in [0, 0.1) is 0 Å². The van der Waals surface area contributed by atoms with Gasteiger partial charge in [0.25, 0.3) is 0 Å². The molecule has 0 bridgehead atoms. The predicted molar refractivity (Wildman–Crippen MR) is 50.5 cm³/mol. The van der Waals surface area contributed by atoms with Crippen molar-refractivity contribution in [3.63, 3.8) is 0 Å². The zero-order valence-electron chi connectivity index (χ0n) is 7.55. The fraction of sp³-hybridized carbons (Fsp3) is 0.333. The molecule has 0 aliphatic rings. The number of alkyl halides is 3. The van der Waals surface area contributed by atoms with Gasteiger partial charge in [-0.25, -0.2) is 0 Å². The van der Waals surface area contributed by atoms with E-state index in [4.69, 9.17) is 17.3 Å². The molecule has 0 fully saturated rings. The minimum Gasteiger partial charge on any atom is -0.375 e. The molecule has 1 atom stereocenters. The molecule has 2 nitrogen and oxygen atoms in total. The lowest BCUT2D eigenvalue weighted by Crippen LogP contribution is -2.48. The summed E-state index contributed by atoms with van der Waals surface area (Å²) < 4.78 is 37.7. The molecular weight excluding hydrogens is 231 g/mol. The summed E-state index contributed by atoms with van der Waals surface area (Å²) in [5.74, 6) is 0. The molecule has 0 aliphatic carbocycles. The maximum absolute atomic E-state index is 12.6. The molecule has 0 saturated carbocycles. The minimum absolute atomic E-state index is 0.164. The third-order valence-electron chi connectivity index (χ3n) is 2.08. The van der Waals surface area contributed by atoms with E-state index in [1.807, 2.05) is 0 Å². The Morgan fingerprint density at radius 2 is 1.80 bits per heavy atom. The lowest BCUT2D eigenvalue weighted by atomic mass is 9.93. The smallest absolute Gasteiger partial charge is 0.375 e. The Morgan fingerprint density at radius 3 is 2.20 bits per heavy atom. The quantitative estimate of drug-likeness (QED) is 0.830. The second-order valence-electron chi connectivity index (χ2n) is 3.04. The molecule has 0 aliphatic heterocycles. The molecule has 15 heavy (non-hydrogen) atoms. The van der Waals surface area contributed by atoms with Crippen LogP contribution in [0.5, 0.6) is 0 Å². The van der Waals surface area contributed by atoms with Crippen molar-refractivity contribution in [3.05, 3.63) is 34.9 Å². The van der Waals surface area contributed by atoms with Gasteiger partial charge in [-0.1, -0.05) is 29.8 Å². The molecule has 0 aromatic heterocycles. The van der Waals surface area contributed by atoms with Crippen LogP contribution in [-0.2, 0) is 5.60 Å². The average molecular weight is 240 g/mol. The van der Waals surface area contributed by atoms with E-state index in [-0.39, 0.29) is 5.02 Å². The Labute approximate surface area is 89.5 Å². The van der Waals surface area contributed by atoms with Gasteiger partial charge < -0.3 is 10.8 Å². The van der Waals surface area contributed by atoms with Crippen LogP contribution in [0.2, 0.25) is 5.02 Å². The summed E-state index contributed by atoms with van der Waals surface area (Å²) in [6.45, 7) is -0.972. The van der Waals surface area contributed by atoms with Crippen molar-refractivity contribution in [2.24, 2.45) is 5.73 Å². The summed E-state index contributed by atoms with van der Waals surface area (Å²) in [4.78, 5) is 0. The van der Waals surface area contributed by atoms with Crippen LogP contribution in [0.15, 0.2) is 24.3 Å². The monoisotopic (exact) mass is 239 g/mol. The number of rotatable bonds is 2. The van der Waals surface area contributed by atoms with Crippen LogP contribution in [0.1, 0.15) is 5.56 Å². The molecule has 0 spiro atoms. The normalized spacial score (nSPS) is 16.1. The molecular formula is C9H9ClF3NO.